The number of esters is 2. The lowest BCUT2D eigenvalue weighted by atomic mass is 9.76. The lowest BCUT2D eigenvalue weighted by Crippen LogP contribution is -2.52. The molecular weight excluding hydrogens is 378 g/mol. The molecule has 4 unspecified atom stereocenters. The maximum Gasteiger partial charge on any atom is 0.305 e. The van der Waals surface area contributed by atoms with Crippen molar-refractivity contribution in [2.75, 3.05) is 4.90 Å². The third kappa shape index (κ3) is 2.78. The number of carbonyl (C=O) groups excluding carboxylic acids is 4. The number of fused-ring (bicyclic) bond motifs is 5. The molecule has 8 nitrogen and oxygen atoms in total. The lowest BCUT2D eigenvalue weighted by Gasteiger charge is -2.34. The van der Waals surface area contributed by atoms with Crippen molar-refractivity contribution in [3.8, 4) is 0 Å². The molecule has 0 aliphatic carbocycles. The Labute approximate surface area is 167 Å². The summed E-state index contributed by atoms with van der Waals surface area (Å²) in [7, 11) is 0. The van der Waals surface area contributed by atoms with E-state index in [4.69, 9.17) is 14.2 Å². The Morgan fingerprint density at radius 2 is 1.76 bits per heavy atom. The molecule has 2 amide bonds. The van der Waals surface area contributed by atoms with Crippen molar-refractivity contribution in [2.45, 2.75) is 45.7 Å². The summed E-state index contributed by atoms with van der Waals surface area (Å²) in [6, 6.07) is 5.46. The fourth-order valence-electron chi connectivity index (χ4n) is 4.51. The molecule has 2 saturated heterocycles. The first-order chi connectivity index (χ1) is 13.7. The van der Waals surface area contributed by atoms with Gasteiger partial charge < -0.3 is 14.2 Å². The minimum absolute atomic E-state index is 0.382. The zero-order valence-electron chi connectivity index (χ0n) is 16.5. The Morgan fingerprint density at radius 1 is 1.10 bits per heavy atom. The highest BCUT2D eigenvalue weighted by Crippen LogP contribution is 2.54. The number of benzene rings is 1. The highest BCUT2D eigenvalue weighted by molar-refractivity contribution is 6.23. The predicted molar refractivity (Wildman–Crippen MR) is 99.5 cm³/mol. The number of hydrogen-bond donors (Lipinski definition) is 0. The van der Waals surface area contributed by atoms with Gasteiger partial charge in [-0.1, -0.05) is 23.8 Å². The van der Waals surface area contributed by atoms with Gasteiger partial charge >= 0.3 is 11.9 Å². The summed E-state index contributed by atoms with van der Waals surface area (Å²) in [6.07, 6.45) is 1.08. The smallest absolute Gasteiger partial charge is 0.305 e. The fraction of sp³-hybridized carbons (Fsp3) is 0.429. The van der Waals surface area contributed by atoms with Crippen molar-refractivity contribution in [2.24, 2.45) is 11.8 Å². The van der Waals surface area contributed by atoms with Crippen molar-refractivity contribution >= 4 is 29.4 Å². The van der Waals surface area contributed by atoms with Gasteiger partial charge in [0.05, 0.1) is 23.6 Å². The molecule has 0 radical (unpaired) electrons. The minimum atomic E-state index is -1.53. The molecule has 152 valence electrons. The summed E-state index contributed by atoms with van der Waals surface area (Å²) >= 11 is 0. The maximum atomic E-state index is 13.4. The third-order valence-corrected chi connectivity index (χ3v) is 5.59. The van der Waals surface area contributed by atoms with Crippen molar-refractivity contribution in [3.05, 3.63) is 41.5 Å². The molecule has 2 bridgehead atoms. The first-order valence-electron chi connectivity index (χ1n) is 9.32. The molecule has 1 aromatic carbocycles. The van der Waals surface area contributed by atoms with E-state index >= 15 is 0 Å². The molecule has 0 spiro atoms. The van der Waals surface area contributed by atoms with E-state index in [9.17, 15) is 19.2 Å². The second-order valence-corrected chi connectivity index (χ2v) is 7.65. The highest BCUT2D eigenvalue weighted by Gasteiger charge is 2.72. The Morgan fingerprint density at radius 3 is 2.34 bits per heavy atom. The van der Waals surface area contributed by atoms with Gasteiger partial charge in [-0.2, -0.15) is 0 Å². The minimum Gasteiger partial charge on any atom is -0.422 e. The molecule has 3 aliphatic rings. The van der Waals surface area contributed by atoms with E-state index < -0.39 is 47.7 Å². The molecule has 0 N–H and O–H groups in total. The van der Waals surface area contributed by atoms with Gasteiger partial charge in [0.1, 0.15) is 0 Å². The van der Waals surface area contributed by atoms with Crippen LogP contribution in [0, 0.1) is 25.7 Å². The zero-order chi connectivity index (χ0) is 21.1. The van der Waals surface area contributed by atoms with Crippen LogP contribution in [0.3, 0.4) is 0 Å². The molecule has 4 rings (SSSR count). The standard InChI is InChI=1S/C21H21NO7/c1-10-5-6-14(11(2)9-10)22-18(25)16-15-7-8-21(29-15,17(16)19(22)26)20(27-12(3)23)28-13(4)24/h5-9,15-17,20H,1-4H3. The summed E-state index contributed by atoms with van der Waals surface area (Å²) in [4.78, 5) is 51.0. The predicted octanol–water partition coefficient (Wildman–Crippen LogP) is 1.57. The molecule has 0 aromatic heterocycles. The van der Waals surface area contributed by atoms with Crippen molar-refractivity contribution in [1.29, 1.82) is 0 Å². The van der Waals surface area contributed by atoms with E-state index in [0.29, 0.717) is 5.69 Å². The molecule has 0 saturated carbocycles. The highest BCUT2D eigenvalue weighted by atomic mass is 16.7. The van der Waals surface area contributed by atoms with Gasteiger partial charge in [0.2, 0.25) is 11.8 Å². The molecule has 3 aliphatic heterocycles. The topological polar surface area (TPSA) is 99.2 Å². The first kappa shape index (κ1) is 19.3. The average molecular weight is 399 g/mol. The summed E-state index contributed by atoms with van der Waals surface area (Å²) in [5.41, 5.74) is 0.772. The molecule has 4 atom stereocenters. The lowest BCUT2D eigenvalue weighted by molar-refractivity contribution is -0.226. The van der Waals surface area contributed by atoms with Crippen molar-refractivity contribution in [1.82, 2.24) is 0 Å². The van der Waals surface area contributed by atoms with Crippen molar-refractivity contribution < 1.29 is 33.4 Å². The van der Waals surface area contributed by atoms with Crippen LogP contribution in [-0.2, 0) is 33.4 Å². The van der Waals surface area contributed by atoms with E-state index in [2.05, 4.69) is 0 Å². The zero-order valence-corrected chi connectivity index (χ0v) is 16.5. The SMILES string of the molecule is CC(=O)OC(OC(C)=O)C12C=CC(O1)C1C(=O)N(c3ccc(C)cc3C)C(=O)C12. The number of aryl methyl sites for hydroxylation is 2. The Hall–Kier alpha value is -3.00. The number of hydrogen-bond acceptors (Lipinski definition) is 7. The summed E-state index contributed by atoms with van der Waals surface area (Å²) in [5.74, 6) is -3.98. The van der Waals surface area contributed by atoms with Gasteiger partial charge in [-0.15, -0.1) is 0 Å². The maximum absolute atomic E-state index is 13.4. The number of ether oxygens (including phenoxy) is 3. The molecule has 2 fully saturated rings. The normalized spacial score (nSPS) is 29.6. The monoisotopic (exact) mass is 399 g/mol. The first-order valence-corrected chi connectivity index (χ1v) is 9.32. The van der Waals surface area contributed by atoms with E-state index in [-0.39, 0.29) is 5.91 Å². The molecular formula is C21H21NO7. The van der Waals surface area contributed by atoms with E-state index in [0.717, 1.165) is 11.1 Å². The van der Waals surface area contributed by atoms with Crippen molar-refractivity contribution in [3.63, 3.8) is 0 Å². The molecule has 3 heterocycles. The Bertz CT molecular complexity index is 952. The summed E-state index contributed by atoms with van der Waals surface area (Å²) < 4.78 is 16.3. The van der Waals surface area contributed by atoms with Gasteiger partial charge in [-0.25, -0.2) is 4.90 Å². The number of anilines is 1. The van der Waals surface area contributed by atoms with Gasteiger partial charge in [0, 0.05) is 13.8 Å². The van der Waals surface area contributed by atoms with Gasteiger partial charge in [0.15, 0.2) is 5.60 Å². The van der Waals surface area contributed by atoms with E-state index in [1.54, 1.807) is 18.2 Å². The number of nitrogens with zero attached hydrogens (tertiary/aromatic N) is 1. The Kier molecular flexibility index (Phi) is 4.34. The van der Waals surface area contributed by atoms with Gasteiger partial charge in [-0.05, 0) is 31.6 Å². The molecule has 8 heteroatoms. The second-order valence-electron chi connectivity index (χ2n) is 7.65. The van der Waals surface area contributed by atoms with Crippen LogP contribution < -0.4 is 4.90 Å². The fourth-order valence-corrected chi connectivity index (χ4v) is 4.51. The molecule has 1 aromatic rings. The van der Waals surface area contributed by atoms with Crippen LogP contribution in [-0.4, -0.2) is 41.7 Å². The van der Waals surface area contributed by atoms with Crippen LogP contribution in [0.4, 0.5) is 5.69 Å². The third-order valence-electron chi connectivity index (χ3n) is 5.59. The van der Waals surface area contributed by atoms with Crippen LogP contribution in [0.25, 0.3) is 0 Å². The van der Waals surface area contributed by atoms with Crippen LogP contribution in [0.2, 0.25) is 0 Å². The number of carbonyl (C=O) groups is 4. The second kappa shape index (κ2) is 6.52. The number of imide groups is 1. The van der Waals surface area contributed by atoms with E-state index in [1.165, 1.54) is 18.7 Å². The van der Waals surface area contributed by atoms with Crippen LogP contribution >= 0.6 is 0 Å². The van der Waals surface area contributed by atoms with E-state index in [1.807, 2.05) is 26.0 Å². The number of rotatable bonds is 4. The summed E-state index contributed by atoms with van der Waals surface area (Å²) in [5, 5.41) is 0. The molecule has 29 heavy (non-hydrogen) atoms. The van der Waals surface area contributed by atoms with Crippen LogP contribution in [0.15, 0.2) is 30.4 Å². The number of amides is 2. The summed E-state index contributed by atoms with van der Waals surface area (Å²) in [6.45, 7) is 6.09. The Balaban J connectivity index is 1.76. The van der Waals surface area contributed by atoms with Crippen LogP contribution in [0.5, 0.6) is 0 Å². The quantitative estimate of drug-likeness (QED) is 0.328. The van der Waals surface area contributed by atoms with Gasteiger partial charge in [0.25, 0.3) is 6.29 Å². The average Bonchev–Trinajstić information content (AvgIpc) is 3.26. The largest absolute Gasteiger partial charge is 0.422 e. The van der Waals surface area contributed by atoms with Crippen LogP contribution in [0.1, 0.15) is 25.0 Å². The van der Waals surface area contributed by atoms with Gasteiger partial charge in [-0.3, -0.25) is 19.2 Å².